The van der Waals surface area contributed by atoms with Crippen molar-refractivity contribution >= 4 is 11.0 Å². The molecule has 1 aromatic carbocycles. The molecule has 0 saturated heterocycles. The monoisotopic (exact) mass is 241 g/mol. The summed E-state index contributed by atoms with van der Waals surface area (Å²) in [6.07, 6.45) is 0. The second kappa shape index (κ2) is 3.99. The van der Waals surface area contributed by atoms with E-state index < -0.39 is 0 Å². The molecule has 3 N–H and O–H groups in total. The lowest BCUT2D eigenvalue weighted by atomic mass is 10.2. The fraction of sp³-hybridized carbons (Fsp3) is 0.214. The van der Waals surface area contributed by atoms with Crippen LogP contribution in [0.3, 0.4) is 0 Å². The van der Waals surface area contributed by atoms with E-state index in [1.54, 1.807) is 0 Å². The molecule has 0 atom stereocenters. The number of imidazole rings is 1. The SMILES string of the molecule is Cc1cc(-c2nc3ccc(CN)cc3[nH]2)c(C)o1. The van der Waals surface area contributed by atoms with E-state index in [9.17, 15) is 0 Å². The molecule has 0 unspecified atom stereocenters. The molecule has 4 heteroatoms. The number of furan rings is 1. The third-order valence-electron chi connectivity index (χ3n) is 3.08. The first-order chi connectivity index (χ1) is 8.67. The average Bonchev–Trinajstić information content (AvgIpc) is 2.90. The fourth-order valence-corrected chi connectivity index (χ4v) is 2.18. The normalized spacial score (nSPS) is 11.3. The molecule has 0 bridgehead atoms. The Bertz CT molecular complexity index is 709. The minimum atomic E-state index is 0.536. The van der Waals surface area contributed by atoms with Crippen LogP contribution in [-0.4, -0.2) is 9.97 Å². The number of hydrogen-bond acceptors (Lipinski definition) is 3. The van der Waals surface area contributed by atoms with Crippen LogP contribution in [0.25, 0.3) is 22.4 Å². The Balaban J connectivity index is 2.16. The average molecular weight is 241 g/mol. The highest BCUT2D eigenvalue weighted by Crippen LogP contribution is 2.26. The molecule has 2 heterocycles. The summed E-state index contributed by atoms with van der Waals surface area (Å²) >= 11 is 0. The van der Waals surface area contributed by atoms with Gasteiger partial charge in [0.1, 0.15) is 17.3 Å². The third kappa shape index (κ3) is 1.71. The van der Waals surface area contributed by atoms with Gasteiger partial charge in [-0.1, -0.05) is 6.07 Å². The molecular formula is C14H15N3O. The molecule has 92 valence electrons. The summed E-state index contributed by atoms with van der Waals surface area (Å²) in [6.45, 7) is 4.42. The Hall–Kier alpha value is -2.07. The van der Waals surface area contributed by atoms with Gasteiger partial charge in [0.25, 0.3) is 0 Å². The van der Waals surface area contributed by atoms with Gasteiger partial charge in [0.2, 0.25) is 0 Å². The van der Waals surface area contributed by atoms with Crippen LogP contribution in [0.4, 0.5) is 0 Å². The van der Waals surface area contributed by atoms with Crippen molar-refractivity contribution in [3.8, 4) is 11.4 Å². The van der Waals surface area contributed by atoms with Crippen LogP contribution < -0.4 is 5.73 Å². The van der Waals surface area contributed by atoms with Crippen molar-refractivity contribution in [1.29, 1.82) is 0 Å². The van der Waals surface area contributed by atoms with Gasteiger partial charge in [-0.3, -0.25) is 0 Å². The Kier molecular flexibility index (Phi) is 2.45. The topological polar surface area (TPSA) is 67.8 Å². The summed E-state index contributed by atoms with van der Waals surface area (Å²) in [7, 11) is 0. The standard InChI is InChI=1S/C14H15N3O/c1-8-5-11(9(2)18-8)14-16-12-4-3-10(7-15)6-13(12)17-14/h3-6H,7,15H2,1-2H3,(H,16,17). The molecule has 2 aromatic heterocycles. The quantitative estimate of drug-likeness (QED) is 0.724. The van der Waals surface area contributed by atoms with Crippen molar-refractivity contribution in [2.75, 3.05) is 0 Å². The predicted octanol–water partition coefficient (Wildman–Crippen LogP) is 2.90. The van der Waals surface area contributed by atoms with Gasteiger partial charge in [0, 0.05) is 6.54 Å². The molecule has 0 fully saturated rings. The van der Waals surface area contributed by atoms with Crippen molar-refractivity contribution in [2.24, 2.45) is 5.73 Å². The lowest BCUT2D eigenvalue weighted by molar-refractivity contribution is 0.505. The maximum atomic E-state index is 5.64. The van der Waals surface area contributed by atoms with Gasteiger partial charge >= 0.3 is 0 Å². The first kappa shape index (κ1) is 11.0. The van der Waals surface area contributed by atoms with E-state index in [1.807, 2.05) is 38.1 Å². The van der Waals surface area contributed by atoms with E-state index in [1.165, 1.54) is 0 Å². The maximum absolute atomic E-state index is 5.64. The molecule has 4 nitrogen and oxygen atoms in total. The summed E-state index contributed by atoms with van der Waals surface area (Å²) in [5, 5.41) is 0. The first-order valence-electron chi connectivity index (χ1n) is 5.93. The molecule has 0 aliphatic carbocycles. The van der Waals surface area contributed by atoms with Gasteiger partial charge in [-0.05, 0) is 37.6 Å². The van der Waals surface area contributed by atoms with Crippen LogP contribution >= 0.6 is 0 Å². The minimum Gasteiger partial charge on any atom is -0.466 e. The van der Waals surface area contributed by atoms with Gasteiger partial charge in [-0.2, -0.15) is 0 Å². The highest BCUT2D eigenvalue weighted by molar-refractivity contribution is 5.80. The van der Waals surface area contributed by atoms with Crippen LogP contribution in [0.5, 0.6) is 0 Å². The predicted molar refractivity (Wildman–Crippen MR) is 71.2 cm³/mol. The van der Waals surface area contributed by atoms with Gasteiger partial charge in [0.15, 0.2) is 0 Å². The molecule has 0 spiro atoms. The van der Waals surface area contributed by atoms with Crippen molar-refractivity contribution in [2.45, 2.75) is 20.4 Å². The Labute approximate surface area is 105 Å². The molecule has 18 heavy (non-hydrogen) atoms. The number of benzene rings is 1. The summed E-state index contributed by atoms with van der Waals surface area (Å²) in [6, 6.07) is 8.02. The number of aromatic amines is 1. The number of H-pyrrole nitrogens is 1. The van der Waals surface area contributed by atoms with Crippen molar-refractivity contribution in [3.63, 3.8) is 0 Å². The van der Waals surface area contributed by atoms with E-state index >= 15 is 0 Å². The van der Waals surface area contributed by atoms with Crippen molar-refractivity contribution < 1.29 is 4.42 Å². The number of hydrogen-bond donors (Lipinski definition) is 2. The van der Waals surface area contributed by atoms with Crippen LogP contribution in [0.1, 0.15) is 17.1 Å². The van der Waals surface area contributed by atoms with E-state index in [0.717, 1.165) is 39.5 Å². The van der Waals surface area contributed by atoms with Crippen molar-refractivity contribution in [3.05, 3.63) is 41.3 Å². The largest absolute Gasteiger partial charge is 0.466 e. The number of aromatic nitrogens is 2. The number of aryl methyl sites for hydroxylation is 2. The van der Waals surface area contributed by atoms with Gasteiger partial charge in [0.05, 0.1) is 16.6 Å². The van der Waals surface area contributed by atoms with Crippen molar-refractivity contribution in [1.82, 2.24) is 9.97 Å². The molecule has 3 aromatic rings. The van der Waals surface area contributed by atoms with E-state index in [-0.39, 0.29) is 0 Å². The second-order valence-corrected chi connectivity index (χ2v) is 4.47. The molecule has 0 aliphatic rings. The van der Waals surface area contributed by atoms with Crippen LogP contribution in [-0.2, 0) is 6.54 Å². The van der Waals surface area contributed by atoms with Crippen LogP contribution in [0.15, 0.2) is 28.7 Å². The second-order valence-electron chi connectivity index (χ2n) is 4.47. The van der Waals surface area contributed by atoms with E-state index in [4.69, 9.17) is 10.2 Å². The molecule has 3 rings (SSSR count). The third-order valence-corrected chi connectivity index (χ3v) is 3.08. The minimum absolute atomic E-state index is 0.536. The maximum Gasteiger partial charge on any atom is 0.142 e. The van der Waals surface area contributed by atoms with E-state index in [0.29, 0.717) is 6.54 Å². The highest BCUT2D eigenvalue weighted by Gasteiger charge is 2.11. The highest BCUT2D eigenvalue weighted by atomic mass is 16.3. The molecule has 0 aliphatic heterocycles. The zero-order valence-corrected chi connectivity index (χ0v) is 10.4. The smallest absolute Gasteiger partial charge is 0.142 e. The summed E-state index contributed by atoms with van der Waals surface area (Å²) < 4.78 is 5.53. The van der Waals surface area contributed by atoms with Gasteiger partial charge in [-0.15, -0.1) is 0 Å². The zero-order valence-electron chi connectivity index (χ0n) is 10.4. The number of fused-ring (bicyclic) bond motifs is 1. The number of nitrogens with zero attached hydrogens (tertiary/aromatic N) is 1. The first-order valence-corrected chi connectivity index (χ1v) is 5.93. The Morgan fingerprint density at radius 2 is 2.11 bits per heavy atom. The zero-order chi connectivity index (χ0) is 12.7. The molecule has 0 saturated carbocycles. The molecule has 0 radical (unpaired) electrons. The summed E-state index contributed by atoms with van der Waals surface area (Å²) in [5.74, 6) is 2.62. The van der Waals surface area contributed by atoms with Crippen LogP contribution in [0, 0.1) is 13.8 Å². The lowest BCUT2D eigenvalue weighted by Gasteiger charge is -1.94. The fourth-order valence-electron chi connectivity index (χ4n) is 2.18. The van der Waals surface area contributed by atoms with Crippen LogP contribution in [0.2, 0.25) is 0 Å². The van der Waals surface area contributed by atoms with Gasteiger partial charge < -0.3 is 15.1 Å². The summed E-state index contributed by atoms with van der Waals surface area (Å²) in [5.41, 5.74) is 9.69. The van der Waals surface area contributed by atoms with E-state index in [2.05, 4.69) is 9.97 Å². The number of nitrogens with one attached hydrogen (secondary N) is 1. The number of rotatable bonds is 2. The lowest BCUT2D eigenvalue weighted by Crippen LogP contribution is -1.95. The Morgan fingerprint density at radius 3 is 2.78 bits per heavy atom. The molecule has 0 amide bonds. The van der Waals surface area contributed by atoms with Gasteiger partial charge in [-0.25, -0.2) is 4.98 Å². The molecular weight excluding hydrogens is 226 g/mol. The Morgan fingerprint density at radius 1 is 1.28 bits per heavy atom. The summed E-state index contributed by atoms with van der Waals surface area (Å²) in [4.78, 5) is 7.89. The number of nitrogens with two attached hydrogens (primary N) is 1.